The molecule has 0 spiro atoms. The molecule has 0 aliphatic heterocycles. The number of thiophene rings is 1. The normalized spacial score (nSPS) is 12.4. The Bertz CT molecular complexity index is 908. The van der Waals surface area contributed by atoms with E-state index < -0.39 is 12.0 Å². The molecule has 1 aliphatic carbocycles. The van der Waals surface area contributed by atoms with Crippen molar-refractivity contribution in [1.82, 2.24) is 5.32 Å². The summed E-state index contributed by atoms with van der Waals surface area (Å²) in [5.74, 6) is 0.105. The maximum absolute atomic E-state index is 12.8. The number of benzene rings is 1. The van der Waals surface area contributed by atoms with Gasteiger partial charge in [-0.25, -0.2) is 4.79 Å². The minimum absolute atomic E-state index is 0.177. The fraction of sp³-hybridized carbons (Fsp3) is 0.350. The van der Waals surface area contributed by atoms with Gasteiger partial charge in [0.05, 0.1) is 12.2 Å². The Kier molecular flexibility index (Phi) is 6.74. The second-order valence-electron chi connectivity index (χ2n) is 6.15. The van der Waals surface area contributed by atoms with Gasteiger partial charge in [-0.05, 0) is 55.7 Å². The predicted octanol–water partition coefficient (Wildman–Crippen LogP) is 4.49. The van der Waals surface area contributed by atoms with Gasteiger partial charge in [-0.3, -0.25) is 14.9 Å². The van der Waals surface area contributed by atoms with Gasteiger partial charge in [0.1, 0.15) is 5.00 Å². The molecule has 148 valence electrons. The van der Waals surface area contributed by atoms with E-state index in [1.54, 1.807) is 24.8 Å². The average Bonchev–Trinajstić information content (AvgIpc) is 3.22. The number of carbonyl (C=O) groups excluding carboxylic acids is 3. The van der Waals surface area contributed by atoms with Gasteiger partial charge >= 0.3 is 6.09 Å². The maximum atomic E-state index is 12.8. The highest BCUT2D eigenvalue weighted by atomic mass is 32.2. The summed E-state index contributed by atoms with van der Waals surface area (Å²) < 4.78 is 4.80. The molecule has 0 radical (unpaired) electrons. The molecule has 0 bridgehead atoms. The Balaban J connectivity index is 1.84. The monoisotopic (exact) mass is 418 g/mol. The second kappa shape index (κ2) is 9.25. The number of carbonyl (C=O) groups is 3. The molecule has 3 rings (SSSR count). The van der Waals surface area contributed by atoms with Crippen LogP contribution in [0.15, 0.2) is 29.2 Å². The molecule has 0 unspecified atom stereocenters. The molecule has 1 aliphatic rings. The van der Waals surface area contributed by atoms with Crippen molar-refractivity contribution < 1.29 is 19.1 Å². The third-order valence-electron chi connectivity index (χ3n) is 4.27. The number of fused-ring (bicyclic) bond motifs is 1. The summed E-state index contributed by atoms with van der Waals surface area (Å²) in [6, 6.07) is 7.39. The molecule has 2 N–H and O–H groups in total. The van der Waals surface area contributed by atoms with E-state index in [0.29, 0.717) is 16.1 Å². The van der Waals surface area contributed by atoms with E-state index in [2.05, 4.69) is 17.6 Å². The largest absolute Gasteiger partial charge is 0.450 e. The molecule has 3 amide bonds. The van der Waals surface area contributed by atoms with Crippen LogP contribution in [0.2, 0.25) is 0 Å². The molecule has 8 heteroatoms. The van der Waals surface area contributed by atoms with Gasteiger partial charge in [-0.1, -0.05) is 13.0 Å². The predicted molar refractivity (Wildman–Crippen MR) is 112 cm³/mol. The zero-order chi connectivity index (χ0) is 20.1. The number of aryl methyl sites for hydroxylation is 1. The summed E-state index contributed by atoms with van der Waals surface area (Å²) in [6.45, 7) is 3.90. The van der Waals surface area contributed by atoms with Crippen molar-refractivity contribution in [2.24, 2.45) is 0 Å². The lowest BCUT2D eigenvalue weighted by Gasteiger charge is -2.09. The molecule has 2 aromatic rings. The number of anilines is 1. The minimum atomic E-state index is -0.785. The highest BCUT2D eigenvalue weighted by Gasteiger charge is 2.28. The summed E-state index contributed by atoms with van der Waals surface area (Å²) in [4.78, 5) is 39.2. The first kappa shape index (κ1) is 20.4. The Morgan fingerprint density at radius 3 is 2.75 bits per heavy atom. The fourth-order valence-corrected chi connectivity index (χ4v) is 5.12. The first-order valence-corrected chi connectivity index (χ1v) is 11.0. The number of thioether (sulfide) groups is 1. The van der Waals surface area contributed by atoms with Gasteiger partial charge in [0, 0.05) is 15.3 Å². The Morgan fingerprint density at radius 2 is 2.00 bits per heavy atom. The number of amides is 3. The summed E-state index contributed by atoms with van der Waals surface area (Å²) in [5.41, 5.74) is 1.82. The first-order valence-electron chi connectivity index (χ1n) is 9.20. The van der Waals surface area contributed by atoms with Gasteiger partial charge < -0.3 is 10.1 Å². The van der Waals surface area contributed by atoms with Crippen LogP contribution in [-0.4, -0.2) is 30.3 Å². The Morgan fingerprint density at radius 1 is 1.18 bits per heavy atom. The average molecular weight is 419 g/mol. The minimum Gasteiger partial charge on any atom is -0.450 e. The van der Waals surface area contributed by atoms with Crippen molar-refractivity contribution in [2.45, 2.75) is 38.0 Å². The number of hydrogen-bond acceptors (Lipinski definition) is 6. The fourth-order valence-electron chi connectivity index (χ4n) is 3.12. The molecule has 6 nitrogen and oxygen atoms in total. The van der Waals surface area contributed by atoms with Crippen LogP contribution in [0, 0.1) is 0 Å². The molecule has 28 heavy (non-hydrogen) atoms. The molecule has 0 saturated heterocycles. The van der Waals surface area contributed by atoms with E-state index in [4.69, 9.17) is 4.74 Å². The Labute approximate surface area is 172 Å². The van der Waals surface area contributed by atoms with E-state index in [0.717, 1.165) is 40.4 Å². The SMILES string of the molecule is CCOC(=O)NC(=O)c1c(NC(=O)c2cccc(SCC)c2)sc2c1CCC2. The van der Waals surface area contributed by atoms with Gasteiger partial charge in [0.15, 0.2) is 0 Å². The molecular weight excluding hydrogens is 396 g/mol. The number of hydrogen-bond donors (Lipinski definition) is 2. The van der Waals surface area contributed by atoms with Crippen LogP contribution in [0.1, 0.15) is 51.4 Å². The standard InChI is InChI=1S/C20H22N2O4S2/c1-3-26-20(25)22-18(24)16-14-9-6-10-15(14)28-19(16)21-17(23)12-7-5-8-13(11-12)27-4-2/h5,7-8,11H,3-4,6,9-10H2,1-2H3,(H,21,23)(H,22,24,25). The summed E-state index contributed by atoms with van der Waals surface area (Å²) in [6.07, 6.45) is 1.81. The van der Waals surface area contributed by atoms with E-state index in [1.165, 1.54) is 11.3 Å². The van der Waals surface area contributed by atoms with Gasteiger partial charge in [0.25, 0.3) is 11.8 Å². The van der Waals surface area contributed by atoms with Crippen molar-refractivity contribution in [3.05, 3.63) is 45.8 Å². The second-order valence-corrected chi connectivity index (χ2v) is 8.59. The van der Waals surface area contributed by atoms with Crippen molar-refractivity contribution in [3.8, 4) is 0 Å². The van der Waals surface area contributed by atoms with E-state index in [-0.39, 0.29) is 12.5 Å². The summed E-state index contributed by atoms with van der Waals surface area (Å²) >= 11 is 3.06. The molecule has 0 atom stereocenters. The number of imide groups is 1. The molecule has 0 fully saturated rings. The van der Waals surface area contributed by atoms with Crippen LogP contribution < -0.4 is 10.6 Å². The molecule has 0 saturated carbocycles. The van der Waals surface area contributed by atoms with Crippen LogP contribution in [-0.2, 0) is 17.6 Å². The zero-order valence-corrected chi connectivity index (χ0v) is 17.4. The van der Waals surface area contributed by atoms with Crippen LogP contribution >= 0.6 is 23.1 Å². The highest BCUT2D eigenvalue weighted by Crippen LogP contribution is 2.39. The number of rotatable bonds is 6. The van der Waals surface area contributed by atoms with Crippen molar-refractivity contribution in [3.63, 3.8) is 0 Å². The third kappa shape index (κ3) is 4.56. The Hall–Kier alpha value is -2.32. The number of nitrogens with one attached hydrogen (secondary N) is 2. The third-order valence-corrected chi connectivity index (χ3v) is 6.36. The van der Waals surface area contributed by atoms with Crippen molar-refractivity contribution >= 4 is 46.0 Å². The summed E-state index contributed by atoms with van der Waals surface area (Å²) in [5, 5.41) is 5.59. The highest BCUT2D eigenvalue weighted by molar-refractivity contribution is 7.99. The number of alkyl carbamates (subject to hydrolysis) is 1. The van der Waals surface area contributed by atoms with Crippen molar-refractivity contribution in [2.75, 3.05) is 17.7 Å². The van der Waals surface area contributed by atoms with Crippen LogP contribution in [0.3, 0.4) is 0 Å². The lowest BCUT2D eigenvalue weighted by atomic mass is 10.1. The van der Waals surface area contributed by atoms with Crippen LogP contribution in [0.5, 0.6) is 0 Å². The van der Waals surface area contributed by atoms with Crippen molar-refractivity contribution in [1.29, 1.82) is 0 Å². The summed E-state index contributed by atoms with van der Waals surface area (Å²) in [7, 11) is 0. The van der Waals surface area contributed by atoms with Crippen LogP contribution in [0.4, 0.5) is 9.80 Å². The zero-order valence-electron chi connectivity index (χ0n) is 15.8. The van der Waals surface area contributed by atoms with Gasteiger partial charge in [-0.15, -0.1) is 23.1 Å². The quantitative estimate of drug-likeness (QED) is 0.676. The van der Waals surface area contributed by atoms with E-state index >= 15 is 0 Å². The van der Waals surface area contributed by atoms with E-state index in [1.807, 2.05) is 18.2 Å². The van der Waals surface area contributed by atoms with E-state index in [9.17, 15) is 14.4 Å². The van der Waals surface area contributed by atoms with Crippen LogP contribution in [0.25, 0.3) is 0 Å². The van der Waals surface area contributed by atoms with Gasteiger partial charge in [-0.2, -0.15) is 0 Å². The maximum Gasteiger partial charge on any atom is 0.414 e. The smallest absolute Gasteiger partial charge is 0.414 e. The molecule has 1 heterocycles. The lowest BCUT2D eigenvalue weighted by molar-refractivity contribution is 0.0925. The van der Waals surface area contributed by atoms with Gasteiger partial charge in [0.2, 0.25) is 0 Å². The lowest BCUT2D eigenvalue weighted by Crippen LogP contribution is -2.32. The molecule has 1 aromatic carbocycles. The molecule has 1 aromatic heterocycles. The molecular formula is C20H22N2O4S2. The number of ether oxygens (including phenoxy) is 1. The first-order chi connectivity index (χ1) is 13.5. The topological polar surface area (TPSA) is 84.5 Å².